The van der Waals surface area contributed by atoms with Gasteiger partial charge in [0, 0.05) is 6.54 Å². The zero-order chi connectivity index (χ0) is 19.8. The predicted molar refractivity (Wildman–Crippen MR) is 107 cm³/mol. The van der Waals surface area contributed by atoms with Crippen LogP contribution in [0.5, 0.6) is 5.75 Å². The molecule has 0 fully saturated rings. The summed E-state index contributed by atoms with van der Waals surface area (Å²) in [7, 11) is 1.59. The van der Waals surface area contributed by atoms with Crippen LogP contribution in [-0.2, 0) is 16.1 Å². The lowest BCUT2D eigenvalue weighted by Gasteiger charge is -2.08. The Labute approximate surface area is 163 Å². The normalized spacial score (nSPS) is 10.2. The molecule has 0 saturated heterocycles. The van der Waals surface area contributed by atoms with E-state index >= 15 is 0 Å². The SMILES string of the molecule is COc1cccc(CNC(=O)COC(=O)c2ccc(-c3ccccc3)cc2)c1. The zero-order valence-electron chi connectivity index (χ0n) is 15.6. The molecule has 0 unspecified atom stereocenters. The maximum atomic E-state index is 12.1. The minimum Gasteiger partial charge on any atom is -0.497 e. The fourth-order valence-electron chi connectivity index (χ4n) is 2.68. The van der Waals surface area contributed by atoms with Crippen LogP contribution in [0.2, 0.25) is 0 Å². The average molecular weight is 375 g/mol. The van der Waals surface area contributed by atoms with Crippen molar-refractivity contribution >= 4 is 11.9 Å². The highest BCUT2D eigenvalue weighted by Gasteiger charge is 2.10. The van der Waals surface area contributed by atoms with Crippen molar-refractivity contribution in [3.05, 3.63) is 90.0 Å². The minimum absolute atomic E-state index is 0.330. The summed E-state index contributed by atoms with van der Waals surface area (Å²) in [6, 6.07) is 24.4. The maximum absolute atomic E-state index is 12.1. The number of hydrogen-bond acceptors (Lipinski definition) is 4. The monoisotopic (exact) mass is 375 g/mol. The molecule has 0 bridgehead atoms. The highest BCUT2D eigenvalue weighted by Crippen LogP contribution is 2.19. The molecule has 1 N–H and O–H groups in total. The van der Waals surface area contributed by atoms with Gasteiger partial charge in [-0.1, -0.05) is 54.6 Å². The van der Waals surface area contributed by atoms with Gasteiger partial charge in [-0.2, -0.15) is 0 Å². The summed E-state index contributed by atoms with van der Waals surface area (Å²) < 4.78 is 10.2. The highest BCUT2D eigenvalue weighted by molar-refractivity contribution is 5.91. The Kier molecular flexibility index (Phi) is 6.41. The van der Waals surface area contributed by atoms with E-state index in [4.69, 9.17) is 9.47 Å². The lowest BCUT2D eigenvalue weighted by molar-refractivity contribution is -0.124. The molecular weight excluding hydrogens is 354 g/mol. The number of amides is 1. The molecule has 0 aromatic heterocycles. The third-order valence-corrected chi connectivity index (χ3v) is 4.19. The van der Waals surface area contributed by atoms with Crippen LogP contribution in [0.3, 0.4) is 0 Å². The Balaban J connectivity index is 1.48. The van der Waals surface area contributed by atoms with E-state index in [-0.39, 0.29) is 12.5 Å². The molecule has 0 radical (unpaired) electrons. The third kappa shape index (κ3) is 5.20. The molecule has 0 heterocycles. The molecule has 0 aliphatic heterocycles. The van der Waals surface area contributed by atoms with E-state index in [0.29, 0.717) is 12.1 Å². The fraction of sp³-hybridized carbons (Fsp3) is 0.130. The molecule has 1 amide bonds. The highest BCUT2D eigenvalue weighted by atomic mass is 16.5. The Morgan fingerprint density at radius 1 is 0.857 bits per heavy atom. The van der Waals surface area contributed by atoms with Crippen LogP contribution in [-0.4, -0.2) is 25.6 Å². The number of benzene rings is 3. The summed E-state index contributed by atoms with van der Waals surface area (Å²) in [6.07, 6.45) is 0. The van der Waals surface area contributed by atoms with Crippen molar-refractivity contribution in [2.45, 2.75) is 6.54 Å². The van der Waals surface area contributed by atoms with Crippen molar-refractivity contribution in [3.8, 4) is 16.9 Å². The van der Waals surface area contributed by atoms with E-state index in [1.165, 1.54) is 0 Å². The standard InChI is InChI=1S/C23H21NO4/c1-27-21-9-5-6-17(14-21)15-24-22(25)16-28-23(26)20-12-10-19(11-13-20)18-7-3-2-4-8-18/h2-14H,15-16H2,1H3,(H,24,25). The molecule has 3 aromatic rings. The lowest BCUT2D eigenvalue weighted by Crippen LogP contribution is -2.28. The summed E-state index contributed by atoms with van der Waals surface area (Å²) in [5, 5.41) is 2.72. The van der Waals surface area contributed by atoms with Crippen LogP contribution in [0.15, 0.2) is 78.9 Å². The van der Waals surface area contributed by atoms with E-state index in [2.05, 4.69) is 5.32 Å². The van der Waals surface area contributed by atoms with Crippen molar-refractivity contribution in [1.29, 1.82) is 0 Å². The van der Waals surface area contributed by atoms with Crippen LogP contribution >= 0.6 is 0 Å². The molecule has 0 aliphatic carbocycles. The zero-order valence-corrected chi connectivity index (χ0v) is 15.6. The molecular formula is C23H21NO4. The van der Waals surface area contributed by atoms with E-state index in [9.17, 15) is 9.59 Å². The first-order valence-electron chi connectivity index (χ1n) is 8.88. The Hall–Kier alpha value is -3.60. The van der Waals surface area contributed by atoms with E-state index in [0.717, 1.165) is 22.4 Å². The van der Waals surface area contributed by atoms with Gasteiger partial charge in [0.2, 0.25) is 0 Å². The second-order valence-corrected chi connectivity index (χ2v) is 6.15. The van der Waals surface area contributed by atoms with E-state index in [1.54, 1.807) is 19.2 Å². The topological polar surface area (TPSA) is 64.6 Å². The van der Waals surface area contributed by atoms with Crippen molar-refractivity contribution in [2.24, 2.45) is 0 Å². The number of ether oxygens (including phenoxy) is 2. The van der Waals surface area contributed by atoms with Crippen LogP contribution in [0.4, 0.5) is 0 Å². The predicted octanol–water partition coefficient (Wildman–Crippen LogP) is 3.84. The van der Waals surface area contributed by atoms with Crippen molar-refractivity contribution in [2.75, 3.05) is 13.7 Å². The maximum Gasteiger partial charge on any atom is 0.338 e. The molecule has 5 heteroatoms. The first-order valence-corrected chi connectivity index (χ1v) is 8.88. The number of methoxy groups -OCH3 is 1. The Morgan fingerprint density at radius 2 is 1.57 bits per heavy atom. The van der Waals surface area contributed by atoms with Gasteiger partial charge in [-0.05, 0) is 41.0 Å². The molecule has 0 aliphatic rings. The number of esters is 1. The van der Waals surface area contributed by atoms with Crippen LogP contribution in [0.1, 0.15) is 15.9 Å². The summed E-state index contributed by atoms with van der Waals surface area (Å²) >= 11 is 0. The van der Waals surface area contributed by atoms with Crippen molar-refractivity contribution < 1.29 is 19.1 Å². The molecule has 0 atom stereocenters. The number of rotatable bonds is 7. The smallest absolute Gasteiger partial charge is 0.338 e. The Bertz CT molecular complexity index is 936. The molecule has 0 saturated carbocycles. The summed E-state index contributed by atoms with van der Waals surface area (Å²) in [4.78, 5) is 24.1. The quantitative estimate of drug-likeness (QED) is 0.638. The first kappa shape index (κ1) is 19.2. The third-order valence-electron chi connectivity index (χ3n) is 4.19. The van der Waals surface area contributed by atoms with Gasteiger partial charge in [0.1, 0.15) is 5.75 Å². The lowest BCUT2D eigenvalue weighted by atomic mass is 10.0. The fourth-order valence-corrected chi connectivity index (χ4v) is 2.68. The summed E-state index contributed by atoms with van der Waals surface area (Å²) in [6.45, 7) is 0.00257. The second-order valence-electron chi connectivity index (χ2n) is 6.15. The second kappa shape index (κ2) is 9.37. The molecule has 0 spiro atoms. The summed E-state index contributed by atoms with van der Waals surface area (Å²) in [5.41, 5.74) is 3.38. The first-order chi connectivity index (χ1) is 13.7. The van der Waals surface area contributed by atoms with Gasteiger partial charge in [0.15, 0.2) is 6.61 Å². The van der Waals surface area contributed by atoms with Gasteiger partial charge in [-0.15, -0.1) is 0 Å². The van der Waals surface area contributed by atoms with Crippen molar-refractivity contribution in [1.82, 2.24) is 5.32 Å². The van der Waals surface area contributed by atoms with Gasteiger partial charge in [0.05, 0.1) is 12.7 Å². The number of hydrogen-bond donors (Lipinski definition) is 1. The molecule has 3 rings (SSSR count). The number of carbonyl (C=O) groups excluding carboxylic acids is 2. The summed E-state index contributed by atoms with van der Waals surface area (Å²) in [5.74, 6) is -0.176. The average Bonchev–Trinajstić information content (AvgIpc) is 2.77. The van der Waals surface area contributed by atoms with E-state index < -0.39 is 5.97 Å². The number of nitrogens with one attached hydrogen (secondary N) is 1. The molecule has 28 heavy (non-hydrogen) atoms. The van der Waals surface area contributed by atoms with Crippen molar-refractivity contribution in [3.63, 3.8) is 0 Å². The van der Waals surface area contributed by atoms with Gasteiger partial charge in [0.25, 0.3) is 5.91 Å². The Morgan fingerprint density at radius 3 is 2.29 bits per heavy atom. The van der Waals surface area contributed by atoms with Gasteiger partial charge < -0.3 is 14.8 Å². The largest absolute Gasteiger partial charge is 0.497 e. The van der Waals surface area contributed by atoms with E-state index in [1.807, 2.05) is 66.7 Å². The minimum atomic E-state index is -0.531. The van der Waals surface area contributed by atoms with Crippen LogP contribution < -0.4 is 10.1 Å². The molecule has 3 aromatic carbocycles. The number of carbonyl (C=O) groups is 2. The van der Waals surface area contributed by atoms with Gasteiger partial charge in [-0.25, -0.2) is 4.79 Å². The molecule has 142 valence electrons. The van der Waals surface area contributed by atoms with Crippen LogP contribution in [0.25, 0.3) is 11.1 Å². The van der Waals surface area contributed by atoms with Crippen LogP contribution in [0, 0.1) is 0 Å². The van der Waals surface area contributed by atoms with Gasteiger partial charge in [-0.3, -0.25) is 4.79 Å². The van der Waals surface area contributed by atoms with Gasteiger partial charge >= 0.3 is 5.97 Å². The molecule has 5 nitrogen and oxygen atoms in total.